The van der Waals surface area contributed by atoms with Crippen LogP contribution >= 0.6 is 0 Å². The summed E-state index contributed by atoms with van der Waals surface area (Å²) in [5.41, 5.74) is 4.30. The van der Waals surface area contributed by atoms with Crippen LogP contribution in [-0.4, -0.2) is 48.9 Å². The van der Waals surface area contributed by atoms with Crippen LogP contribution in [0.5, 0.6) is 0 Å². The van der Waals surface area contributed by atoms with E-state index in [9.17, 15) is 13.2 Å². The number of anilines is 1. The first-order chi connectivity index (χ1) is 12.8. The third-order valence-electron chi connectivity index (χ3n) is 5.07. The van der Waals surface area contributed by atoms with Gasteiger partial charge in [0.1, 0.15) is 0 Å². The third kappa shape index (κ3) is 3.26. The number of hydrogen-bond acceptors (Lipinski definition) is 4. The summed E-state index contributed by atoms with van der Waals surface area (Å²) in [6.07, 6.45) is 0. The standard InChI is InChI=1S/C19H22N4O3S/c1-13-3-4-14(2)18(11-13)22-7-9-23(10-8-22)27(25,26)15-5-6-16-17(12-15)21-19(24)20-16/h3-6,11-12H,7-10H2,1-2H3,(H2,20,21,24). The van der Waals surface area contributed by atoms with Crippen molar-refractivity contribution in [2.75, 3.05) is 31.1 Å². The second-order valence-electron chi connectivity index (χ2n) is 6.97. The Morgan fingerprint density at radius 2 is 1.59 bits per heavy atom. The molecule has 1 fully saturated rings. The summed E-state index contributed by atoms with van der Waals surface area (Å²) in [6.45, 7) is 6.28. The van der Waals surface area contributed by atoms with Crippen molar-refractivity contribution in [1.82, 2.24) is 14.3 Å². The Kier molecular flexibility index (Phi) is 4.32. The summed E-state index contributed by atoms with van der Waals surface area (Å²) in [4.78, 5) is 19.1. The lowest BCUT2D eigenvalue weighted by Gasteiger charge is -2.36. The summed E-state index contributed by atoms with van der Waals surface area (Å²) >= 11 is 0. The zero-order valence-electron chi connectivity index (χ0n) is 15.3. The second kappa shape index (κ2) is 6.54. The lowest BCUT2D eigenvalue weighted by atomic mass is 10.1. The van der Waals surface area contributed by atoms with Gasteiger partial charge in [0, 0.05) is 31.9 Å². The van der Waals surface area contributed by atoms with Crippen LogP contribution in [0.25, 0.3) is 11.0 Å². The SMILES string of the molecule is Cc1ccc(C)c(N2CCN(S(=O)(=O)c3ccc4[nH]c(=O)[nH]c4c3)CC2)c1. The number of benzene rings is 2. The van der Waals surface area contributed by atoms with Gasteiger partial charge in [-0.2, -0.15) is 4.31 Å². The summed E-state index contributed by atoms with van der Waals surface area (Å²) in [5.74, 6) is 0. The van der Waals surface area contributed by atoms with Crippen LogP contribution in [0, 0.1) is 13.8 Å². The van der Waals surface area contributed by atoms with Crippen molar-refractivity contribution in [1.29, 1.82) is 0 Å². The van der Waals surface area contributed by atoms with Gasteiger partial charge in [0.2, 0.25) is 10.0 Å². The number of aromatic nitrogens is 2. The minimum atomic E-state index is -3.60. The molecule has 4 rings (SSSR count). The fraction of sp³-hybridized carbons (Fsp3) is 0.316. The van der Waals surface area contributed by atoms with Gasteiger partial charge in [-0.1, -0.05) is 12.1 Å². The van der Waals surface area contributed by atoms with Crippen molar-refractivity contribution >= 4 is 26.7 Å². The number of piperazine rings is 1. The molecule has 1 aromatic heterocycles. The molecule has 0 spiro atoms. The maximum atomic E-state index is 13.0. The van der Waals surface area contributed by atoms with Gasteiger partial charge < -0.3 is 14.9 Å². The number of fused-ring (bicyclic) bond motifs is 1. The molecule has 0 aliphatic carbocycles. The molecule has 0 radical (unpaired) electrons. The van der Waals surface area contributed by atoms with E-state index in [1.54, 1.807) is 12.1 Å². The zero-order valence-corrected chi connectivity index (χ0v) is 16.1. The molecule has 0 amide bonds. The maximum absolute atomic E-state index is 13.0. The van der Waals surface area contributed by atoms with Crippen molar-refractivity contribution in [3.63, 3.8) is 0 Å². The normalized spacial score (nSPS) is 16.1. The van der Waals surface area contributed by atoms with Gasteiger partial charge in [-0.25, -0.2) is 13.2 Å². The molecule has 0 saturated carbocycles. The Hall–Kier alpha value is -2.58. The predicted octanol–water partition coefficient (Wildman–Crippen LogP) is 1.98. The summed E-state index contributed by atoms with van der Waals surface area (Å²) in [6, 6.07) is 11.0. The van der Waals surface area contributed by atoms with Crippen LogP contribution < -0.4 is 10.6 Å². The fourth-order valence-electron chi connectivity index (χ4n) is 3.55. The molecular formula is C19H22N4O3S. The van der Waals surface area contributed by atoms with E-state index in [1.807, 2.05) is 0 Å². The van der Waals surface area contributed by atoms with Gasteiger partial charge >= 0.3 is 5.69 Å². The fourth-order valence-corrected chi connectivity index (χ4v) is 5.00. The van der Waals surface area contributed by atoms with Crippen molar-refractivity contribution in [2.45, 2.75) is 18.7 Å². The van der Waals surface area contributed by atoms with Crippen LogP contribution in [0.2, 0.25) is 0 Å². The van der Waals surface area contributed by atoms with Gasteiger partial charge in [-0.15, -0.1) is 0 Å². The number of imidazole rings is 1. The van der Waals surface area contributed by atoms with Gasteiger partial charge in [0.25, 0.3) is 0 Å². The number of sulfonamides is 1. The molecule has 1 aliphatic heterocycles. The average molecular weight is 386 g/mol. The van der Waals surface area contributed by atoms with Crippen LogP contribution in [0.3, 0.4) is 0 Å². The first-order valence-corrected chi connectivity index (χ1v) is 10.3. The van der Waals surface area contributed by atoms with E-state index in [0.717, 1.165) is 0 Å². The molecule has 1 saturated heterocycles. The van der Waals surface area contributed by atoms with Crippen molar-refractivity contribution in [3.05, 3.63) is 58.0 Å². The van der Waals surface area contributed by atoms with E-state index in [0.29, 0.717) is 37.2 Å². The highest BCUT2D eigenvalue weighted by Gasteiger charge is 2.29. The van der Waals surface area contributed by atoms with Crippen LogP contribution in [0.1, 0.15) is 11.1 Å². The van der Waals surface area contributed by atoms with Gasteiger partial charge in [-0.3, -0.25) is 0 Å². The topological polar surface area (TPSA) is 89.3 Å². The molecule has 3 aromatic rings. The first-order valence-electron chi connectivity index (χ1n) is 8.89. The minimum Gasteiger partial charge on any atom is -0.369 e. The predicted molar refractivity (Wildman–Crippen MR) is 106 cm³/mol. The van der Waals surface area contributed by atoms with E-state index in [4.69, 9.17) is 0 Å². The summed E-state index contributed by atoms with van der Waals surface area (Å²) in [7, 11) is -3.60. The molecule has 7 nitrogen and oxygen atoms in total. The molecule has 0 unspecified atom stereocenters. The Balaban J connectivity index is 1.55. The van der Waals surface area contributed by atoms with Crippen LogP contribution in [-0.2, 0) is 10.0 Å². The average Bonchev–Trinajstić information content (AvgIpc) is 3.03. The van der Waals surface area contributed by atoms with E-state index in [-0.39, 0.29) is 10.6 Å². The molecule has 0 bridgehead atoms. The molecule has 2 N–H and O–H groups in total. The van der Waals surface area contributed by atoms with Crippen molar-refractivity contribution < 1.29 is 8.42 Å². The second-order valence-corrected chi connectivity index (χ2v) is 8.91. The Morgan fingerprint density at radius 1 is 0.889 bits per heavy atom. The van der Waals surface area contributed by atoms with Gasteiger partial charge in [0.15, 0.2) is 0 Å². The first kappa shape index (κ1) is 17.8. The minimum absolute atomic E-state index is 0.199. The largest absolute Gasteiger partial charge is 0.369 e. The highest BCUT2D eigenvalue weighted by Crippen LogP contribution is 2.25. The lowest BCUT2D eigenvalue weighted by molar-refractivity contribution is 0.385. The maximum Gasteiger partial charge on any atom is 0.323 e. The smallest absolute Gasteiger partial charge is 0.323 e. The van der Waals surface area contributed by atoms with E-state index in [2.05, 4.69) is 46.9 Å². The molecule has 0 atom stereocenters. The zero-order chi connectivity index (χ0) is 19.2. The highest BCUT2D eigenvalue weighted by molar-refractivity contribution is 7.89. The molecule has 27 heavy (non-hydrogen) atoms. The van der Waals surface area contributed by atoms with Crippen molar-refractivity contribution in [2.24, 2.45) is 0 Å². The van der Waals surface area contributed by atoms with Gasteiger partial charge in [0.05, 0.1) is 15.9 Å². The number of aryl methyl sites for hydroxylation is 2. The number of H-pyrrole nitrogens is 2. The number of aromatic amines is 2. The monoisotopic (exact) mass is 386 g/mol. The Labute approximate surface area is 157 Å². The van der Waals surface area contributed by atoms with E-state index >= 15 is 0 Å². The molecule has 8 heteroatoms. The number of nitrogens with zero attached hydrogens (tertiary/aromatic N) is 2. The molecule has 2 aromatic carbocycles. The van der Waals surface area contributed by atoms with Crippen molar-refractivity contribution in [3.8, 4) is 0 Å². The van der Waals surface area contributed by atoms with E-state index < -0.39 is 10.0 Å². The number of hydrogen-bond donors (Lipinski definition) is 2. The Bertz CT molecular complexity index is 1160. The Morgan fingerprint density at radius 3 is 2.33 bits per heavy atom. The molecular weight excluding hydrogens is 364 g/mol. The summed E-state index contributed by atoms with van der Waals surface area (Å²) in [5, 5.41) is 0. The molecule has 1 aliphatic rings. The van der Waals surface area contributed by atoms with Crippen LogP contribution in [0.4, 0.5) is 5.69 Å². The third-order valence-corrected chi connectivity index (χ3v) is 6.96. The quantitative estimate of drug-likeness (QED) is 0.720. The van der Waals surface area contributed by atoms with Crippen LogP contribution in [0.15, 0.2) is 46.1 Å². The van der Waals surface area contributed by atoms with E-state index in [1.165, 1.54) is 27.2 Å². The number of rotatable bonds is 3. The highest BCUT2D eigenvalue weighted by atomic mass is 32.2. The molecule has 2 heterocycles. The molecule has 142 valence electrons. The summed E-state index contributed by atoms with van der Waals surface area (Å²) < 4.78 is 27.5. The van der Waals surface area contributed by atoms with Gasteiger partial charge in [-0.05, 0) is 49.2 Å². The number of nitrogens with one attached hydrogen (secondary N) is 2. The lowest BCUT2D eigenvalue weighted by Crippen LogP contribution is -2.48.